The van der Waals surface area contributed by atoms with Crippen LogP contribution in [-0.2, 0) is 0 Å². The van der Waals surface area contributed by atoms with E-state index in [4.69, 9.17) is 0 Å². The lowest BCUT2D eigenvalue weighted by molar-refractivity contribution is 0.314. The molecule has 2 nitrogen and oxygen atoms in total. The van der Waals surface area contributed by atoms with Crippen molar-refractivity contribution in [1.82, 2.24) is 5.32 Å². The van der Waals surface area contributed by atoms with Gasteiger partial charge in [-0.3, -0.25) is 5.32 Å². The average Bonchev–Trinajstić information content (AvgIpc) is 2.76. The molecule has 2 atom stereocenters. The van der Waals surface area contributed by atoms with Crippen LogP contribution in [0.3, 0.4) is 0 Å². The fraction of sp³-hybridized carbons (Fsp3) is 0.933. The van der Waals surface area contributed by atoms with E-state index in [1.54, 1.807) is 0 Å². The minimum atomic E-state index is -0.196. The third kappa shape index (κ3) is 3.22. The first-order valence-corrected chi connectivity index (χ1v) is 7.47. The Bertz CT molecular complexity index is 275. The summed E-state index contributed by atoms with van der Waals surface area (Å²) in [6, 6.07) is 3.24. The third-order valence-corrected chi connectivity index (χ3v) is 4.82. The highest BCUT2D eigenvalue weighted by Gasteiger charge is 2.35. The molecule has 17 heavy (non-hydrogen) atoms. The zero-order valence-corrected chi connectivity index (χ0v) is 11.2. The van der Waals surface area contributed by atoms with Gasteiger partial charge in [-0.25, -0.2) is 0 Å². The second kappa shape index (κ2) is 5.87. The Balaban J connectivity index is 1.95. The van der Waals surface area contributed by atoms with Crippen LogP contribution in [0.4, 0.5) is 0 Å². The number of nitrogens with one attached hydrogen (secondary N) is 1. The monoisotopic (exact) mass is 234 g/mol. The number of rotatable bonds is 3. The molecule has 0 heterocycles. The molecule has 2 unspecified atom stereocenters. The molecule has 0 aromatic carbocycles. The molecule has 0 amide bonds. The maximum Gasteiger partial charge on any atom is 0.106 e. The van der Waals surface area contributed by atoms with Crippen molar-refractivity contribution in [2.45, 2.75) is 82.7 Å². The maximum absolute atomic E-state index is 9.57. The van der Waals surface area contributed by atoms with Gasteiger partial charge in [-0.2, -0.15) is 5.26 Å². The van der Waals surface area contributed by atoms with Crippen LogP contribution in [-0.4, -0.2) is 11.6 Å². The standard InChI is InChI=1S/C15H26N2/c1-2-13-6-5-10-15(12-16,11-9-13)17-14-7-3-4-8-14/h13-14,17H,2-11H2,1H3. The van der Waals surface area contributed by atoms with Gasteiger partial charge in [0, 0.05) is 6.04 Å². The second-order valence-electron chi connectivity index (χ2n) is 6.02. The number of nitrogens with zero attached hydrogens (tertiary/aromatic N) is 1. The summed E-state index contributed by atoms with van der Waals surface area (Å²) in [4.78, 5) is 0. The number of nitriles is 1. The van der Waals surface area contributed by atoms with E-state index in [-0.39, 0.29) is 5.54 Å². The third-order valence-electron chi connectivity index (χ3n) is 4.82. The summed E-state index contributed by atoms with van der Waals surface area (Å²) in [7, 11) is 0. The molecule has 2 aliphatic carbocycles. The molecule has 0 spiro atoms. The first-order chi connectivity index (χ1) is 8.28. The molecule has 2 aliphatic rings. The van der Waals surface area contributed by atoms with Crippen molar-refractivity contribution >= 4 is 0 Å². The Morgan fingerprint density at radius 2 is 1.88 bits per heavy atom. The van der Waals surface area contributed by atoms with E-state index >= 15 is 0 Å². The van der Waals surface area contributed by atoms with Crippen LogP contribution in [0.15, 0.2) is 0 Å². The topological polar surface area (TPSA) is 35.8 Å². The van der Waals surface area contributed by atoms with Crippen LogP contribution in [0.5, 0.6) is 0 Å². The Kier molecular flexibility index (Phi) is 4.45. The van der Waals surface area contributed by atoms with Crippen LogP contribution >= 0.6 is 0 Å². The summed E-state index contributed by atoms with van der Waals surface area (Å²) >= 11 is 0. The first kappa shape index (κ1) is 12.9. The van der Waals surface area contributed by atoms with Gasteiger partial charge < -0.3 is 0 Å². The molecule has 2 fully saturated rings. The minimum Gasteiger partial charge on any atom is -0.297 e. The van der Waals surface area contributed by atoms with Crippen LogP contribution in [0.2, 0.25) is 0 Å². The van der Waals surface area contributed by atoms with Crippen molar-refractivity contribution in [3.05, 3.63) is 0 Å². The van der Waals surface area contributed by atoms with Gasteiger partial charge in [0.2, 0.25) is 0 Å². The largest absolute Gasteiger partial charge is 0.297 e. The Morgan fingerprint density at radius 1 is 1.12 bits per heavy atom. The highest BCUT2D eigenvalue weighted by atomic mass is 15.0. The lowest BCUT2D eigenvalue weighted by Gasteiger charge is -2.30. The fourth-order valence-electron chi connectivity index (χ4n) is 3.57. The summed E-state index contributed by atoms with van der Waals surface area (Å²) in [5.74, 6) is 0.857. The Morgan fingerprint density at radius 3 is 2.53 bits per heavy atom. The maximum atomic E-state index is 9.57. The molecule has 96 valence electrons. The predicted octanol–water partition coefficient (Wildman–Crippen LogP) is 3.77. The summed E-state index contributed by atoms with van der Waals surface area (Å²) < 4.78 is 0. The van der Waals surface area contributed by atoms with E-state index in [1.165, 1.54) is 51.4 Å². The van der Waals surface area contributed by atoms with Gasteiger partial charge in [0.15, 0.2) is 0 Å². The van der Waals surface area contributed by atoms with Crippen LogP contribution < -0.4 is 5.32 Å². The molecule has 2 heteroatoms. The lowest BCUT2D eigenvalue weighted by atomic mass is 9.89. The molecule has 2 saturated carbocycles. The summed E-state index contributed by atoms with van der Waals surface area (Å²) in [6.45, 7) is 2.29. The molecular formula is C15H26N2. The zero-order chi connectivity index (χ0) is 12.1. The van der Waals surface area contributed by atoms with Gasteiger partial charge in [-0.1, -0.05) is 39.0 Å². The van der Waals surface area contributed by atoms with Crippen LogP contribution in [0, 0.1) is 17.2 Å². The molecular weight excluding hydrogens is 208 g/mol. The first-order valence-electron chi connectivity index (χ1n) is 7.47. The van der Waals surface area contributed by atoms with Crippen molar-refractivity contribution in [2.75, 3.05) is 0 Å². The fourth-order valence-corrected chi connectivity index (χ4v) is 3.57. The van der Waals surface area contributed by atoms with Gasteiger partial charge in [0.05, 0.1) is 6.07 Å². The van der Waals surface area contributed by atoms with Crippen molar-refractivity contribution in [1.29, 1.82) is 5.26 Å². The van der Waals surface area contributed by atoms with Crippen molar-refractivity contribution in [3.8, 4) is 6.07 Å². The molecule has 0 aromatic heterocycles. The number of hydrogen-bond donors (Lipinski definition) is 1. The number of hydrogen-bond acceptors (Lipinski definition) is 2. The molecule has 2 rings (SSSR count). The molecule has 0 aromatic rings. The van der Waals surface area contributed by atoms with E-state index in [0.29, 0.717) is 6.04 Å². The molecule has 0 saturated heterocycles. The predicted molar refractivity (Wildman–Crippen MR) is 70.6 cm³/mol. The highest BCUT2D eigenvalue weighted by molar-refractivity contribution is 5.09. The van der Waals surface area contributed by atoms with Crippen LogP contribution in [0.1, 0.15) is 71.1 Å². The SMILES string of the molecule is CCC1CCCC(C#N)(NC2CCCC2)CC1. The quantitative estimate of drug-likeness (QED) is 0.754. The Hall–Kier alpha value is -0.550. The van der Waals surface area contributed by atoms with Gasteiger partial charge in [-0.05, 0) is 38.0 Å². The summed E-state index contributed by atoms with van der Waals surface area (Å²) in [5.41, 5.74) is -0.196. The van der Waals surface area contributed by atoms with E-state index < -0.39 is 0 Å². The highest BCUT2D eigenvalue weighted by Crippen LogP contribution is 2.33. The smallest absolute Gasteiger partial charge is 0.106 e. The molecule has 0 bridgehead atoms. The Labute approximate surface area is 106 Å². The molecule has 0 radical (unpaired) electrons. The molecule has 0 aliphatic heterocycles. The van der Waals surface area contributed by atoms with Crippen molar-refractivity contribution < 1.29 is 0 Å². The average molecular weight is 234 g/mol. The second-order valence-corrected chi connectivity index (χ2v) is 6.02. The summed E-state index contributed by atoms with van der Waals surface area (Å²) in [5, 5.41) is 13.3. The molecule has 1 N–H and O–H groups in total. The summed E-state index contributed by atoms with van der Waals surface area (Å²) in [6.07, 6.45) is 12.5. The van der Waals surface area contributed by atoms with E-state index in [0.717, 1.165) is 18.8 Å². The van der Waals surface area contributed by atoms with Gasteiger partial charge >= 0.3 is 0 Å². The van der Waals surface area contributed by atoms with E-state index in [2.05, 4.69) is 18.3 Å². The van der Waals surface area contributed by atoms with Crippen molar-refractivity contribution in [3.63, 3.8) is 0 Å². The lowest BCUT2D eigenvalue weighted by Crippen LogP contribution is -2.48. The van der Waals surface area contributed by atoms with E-state index in [9.17, 15) is 5.26 Å². The van der Waals surface area contributed by atoms with E-state index in [1.807, 2.05) is 0 Å². The van der Waals surface area contributed by atoms with Gasteiger partial charge in [-0.15, -0.1) is 0 Å². The zero-order valence-electron chi connectivity index (χ0n) is 11.2. The normalized spacial score (nSPS) is 35.4. The van der Waals surface area contributed by atoms with Gasteiger partial charge in [0.25, 0.3) is 0 Å². The van der Waals surface area contributed by atoms with Gasteiger partial charge in [0.1, 0.15) is 5.54 Å². The van der Waals surface area contributed by atoms with Crippen LogP contribution in [0.25, 0.3) is 0 Å². The van der Waals surface area contributed by atoms with Crippen molar-refractivity contribution in [2.24, 2.45) is 5.92 Å². The minimum absolute atomic E-state index is 0.196.